The number of piperidine rings is 1. The molecule has 0 spiro atoms. The van der Waals surface area contributed by atoms with Crippen molar-refractivity contribution >= 4 is 47.0 Å². The molecule has 1 aliphatic heterocycles. The highest BCUT2D eigenvalue weighted by Gasteiger charge is 2.38. The molecule has 1 saturated heterocycles. The lowest BCUT2D eigenvalue weighted by Crippen LogP contribution is -2.41. The van der Waals surface area contributed by atoms with Crippen LogP contribution in [0.4, 0.5) is 10.5 Å². The number of aromatic amines is 1. The van der Waals surface area contributed by atoms with Crippen molar-refractivity contribution in [3.05, 3.63) is 112 Å². The molecule has 2 atom stereocenters. The van der Waals surface area contributed by atoms with E-state index in [-0.39, 0.29) is 11.8 Å². The number of aromatic nitrogens is 6. The summed E-state index contributed by atoms with van der Waals surface area (Å²) in [6.45, 7) is 0.524. The minimum Gasteiger partial charge on any atom is -0.465 e. The Morgan fingerprint density at radius 1 is 1.05 bits per heavy atom. The molecule has 6 rings (SSSR count). The Labute approximate surface area is 262 Å². The van der Waals surface area contributed by atoms with E-state index in [1.807, 2.05) is 23.1 Å². The van der Waals surface area contributed by atoms with Crippen molar-refractivity contribution in [3.8, 4) is 16.9 Å². The Morgan fingerprint density at radius 3 is 2.57 bits per heavy atom. The van der Waals surface area contributed by atoms with Crippen LogP contribution in [0.5, 0.6) is 0 Å². The summed E-state index contributed by atoms with van der Waals surface area (Å²) in [5.41, 5.74) is 4.08. The first kappa shape index (κ1) is 29.1. The van der Waals surface area contributed by atoms with Gasteiger partial charge < -0.3 is 15.0 Å². The molecular formula is C31H26Cl2N8O3. The molecule has 0 aliphatic carbocycles. The lowest BCUT2D eigenvalue weighted by atomic mass is 9.83. The van der Waals surface area contributed by atoms with E-state index in [9.17, 15) is 9.59 Å². The molecule has 2 aromatic heterocycles. The average molecular weight is 630 g/mol. The zero-order chi connectivity index (χ0) is 30.6. The van der Waals surface area contributed by atoms with Crippen LogP contribution in [0.15, 0.2) is 85.2 Å². The molecule has 222 valence electrons. The molecule has 1 aliphatic rings. The summed E-state index contributed by atoms with van der Waals surface area (Å²) >= 11 is 13.0. The van der Waals surface area contributed by atoms with Gasteiger partial charge in [-0.2, -0.15) is 4.68 Å². The molecule has 2 amide bonds. The van der Waals surface area contributed by atoms with Crippen LogP contribution in [0.3, 0.4) is 0 Å². The SMILES string of the molecule is O=C(O)Nc1ccc(-c2nc([C@@H]3[C@H](c4ccccc4)CCCN3C(=O)/C=C/c3cc(Cl)ccc3-n3cnnn3)[nH]c2Cl)cc1. The van der Waals surface area contributed by atoms with Gasteiger partial charge in [-0.05, 0) is 65.2 Å². The number of nitrogens with one attached hydrogen (secondary N) is 2. The van der Waals surface area contributed by atoms with E-state index in [0.29, 0.717) is 50.7 Å². The lowest BCUT2D eigenvalue weighted by Gasteiger charge is -2.40. The summed E-state index contributed by atoms with van der Waals surface area (Å²) < 4.78 is 1.51. The maximum atomic E-state index is 13.9. The predicted molar refractivity (Wildman–Crippen MR) is 167 cm³/mol. The number of carboxylic acid groups (broad SMARTS) is 1. The van der Waals surface area contributed by atoms with Gasteiger partial charge >= 0.3 is 6.09 Å². The second-order valence-corrected chi connectivity index (χ2v) is 11.0. The fourth-order valence-electron chi connectivity index (χ4n) is 5.56. The maximum Gasteiger partial charge on any atom is 0.409 e. The van der Waals surface area contributed by atoms with Gasteiger partial charge in [0.1, 0.15) is 23.0 Å². The number of likely N-dealkylation sites (tertiary alicyclic amines) is 1. The third kappa shape index (κ3) is 6.19. The molecule has 3 aromatic carbocycles. The van der Waals surface area contributed by atoms with Crippen molar-refractivity contribution in [1.82, 2.24) is 35.1 Å². The van der Waals surface area contributed by atoms with Crippen LogP contribution < -0.4 is 5.32 Å². The topological polar surface area (TPSA) is 142 Å². The Bertz CT molecular complexity index is 1810. The van der Waals surface area contributed by atoms with Crippen molar-refractivity contribution in [2.24, 2.45) is 0 Å². The summed E-state index contributed by atoms with van der Waals surface area (Å²) in [7, 11) is 0. The number of amides is 2. The monoisotopic (exact) mass is 628 g/mol. The van der Waals surface area contributed by atoms with E-state index < -0.39 is 12.1 Å². The third-order valence-corrected chi connectivity index (χ3v) is 8.01. The van der Waals surface area contributed by atoms with Crippen LogP contribution in [0, 0.1) is 0 Å². The molecule has 3 N–H and O–H groups in total. The molecule has 0 bridgehead atoms. The van der Waals surface area contributed by atoms with Gasteiger partial charge in [0, 0.05) is 40.4 Å². The van der Waals surface area contributed by atoms with E-state index in [4.69, 9.17) is 33.3 Å². The summed E-state index contributed by atoms with van der Waals surface area (Å²) in [5, 5.41) is 23.6. The van der Waals surface area contributed by atoms with Gasteiger partial charge in [0.25, 0.3) is 0 Å². The summed E-state index contributed by atoms with van der Waals surface area (Å²) in [4.78, 5) is 34.9. The molecule has 11 nitrogen and oxygen atoms in total. The number of imidazole rings is 1. The fraction of sp³-hybridized carbons (Fsp3) is 0.161. The Morgan fingerprint density at radius 2 is 1.84 bits per heavy atom. The van der Waals surface area contributed by atoms with E-state index in [1.54, 1.807) is 48.5 Å². The standard InChI is InChI=1S/C31H26Cl2N8O3/c32-22-11-14-25(41-18-34-38-39-41)21(17-22)10-15-26(42)40-16-4-7-24(19-5-2-1-3-6-19)28(40)30-36-27(29(33)37-30)20-8-12-23(13-9-20)35-31(43)44/h1-3,5-6,8-15,17-18,24,28,35H,4,7,16H2,(H,36,37)(H,43,44)/b15-10+/t24-,28-/m0/s1. The first-order valence-corrected chi connectivity index (χ1v) is 14.6. The number of anilines is 1. The number of hydrogen-bond acceptors (Lipinski definition) is 6. The number of rotatable bonds is 7. The van der Waals surface area contributed by atoms with Crippen LogP contribution in [0.1, 0.15) is 41.8 Å². The average Bonchev–Trinajstić information content (AvgIpc) is 3.70. The molecule has 13 heteroatoms. The number of carbonyl (C=O) groups is 2. The second kappa shape index (κ2) is 12.7. The minimum atomic E-state index is -1.15. The lowest BCUT2D eigenvalue weighted by molar-refractivity contribution is -0.130. The van der Waals surface area contributed by atoms with Crippen molar-refractivity contribution in [2.75, 3.05) is 11.9 Å². The molecule has 3 heterocycles. The van der Waals surface area contributed by atoms with Gasteiger partial charge in [0.2, 0.25) is 5.91 Å². The largest absolute Gasteiger partial charge is 0.465 e. The molecule has 0 unspecified atom stereocenters. The number of carbonyl (C=O) groups excluding carboxylic acids is 1. The van der Waals surface area contributed by atoms with Crippen molar-refractivity contribution in [2.45, 2.75) is 24.8 Å². The first-order chi connectivity index (χ1) is 21.4. The highest BCUT2D eigenvalue weighted by molar-refractivity contribution is 6.32. The summed E-state index contributed by atoms with van der Waals surface area (Å²) in [6.07, 6.45) is 5.22. The highest BCUT2D eigenvalue weighted by atomic mass is 35.5. The molecule has 5 aromatic rings. The molecular weight excluding hydrogens is 603 g/mol. The predicted octanol–water partition coefficient (Wildman–Crippen LogP) is 6.61. The quantitative estimate of drug-likeness (QED) is 0.172. The number of benzene rings is 3. The minimum absolute atomic E-state index is 0.0394. The number of tetrazole rings is 1. The van der Waals surface area contributed by atoms with Crippen LogP contribution in [0.2, 0.25) is 10.2 Å². The van der Waals surface area contributed by atoms with Gasteiger partial charge in [-0.1, -0.05) is 65.7 Å². The van der Waals surface area contributed by atoms with E-state index >= 15 is 0 Å². The van der Waals surface area contributed by atoms with Gasteiger partial charge in [-0.15, -0.1) is 5.10 Å². The van der Waals surface area contributed by atoms with Crippen LogP contribution in [-0.4, -0.2) is 58.7 Å². The molecule has 44 heavy (non-hydrogen) atoms. The van der Waals surface area contributed by atoms with Crippen LogP contribution in [0.25, 0.3) is 23.0 Å². The third-order valence-electron chi connectivity index (χ3n) is 7.50. The Kier molecular flexibility index (Phi) is 8.40. The molecule has 0 radical (unpaired) electrons. The molecule has 0 saturated carbocycles. The normalized spacial score (nSPS) is 16.7. The van der Waals surface area contributed by atoms with E-state index in [1.165, 1.54) is 17.1 Å². The van der Waals surface area contributed by atoms with Gasteiger partial charge in [0.15, 0.2) is 0 Å². The van der Waals surface area contributed by atoms with Crippen molar-refractivity contribution < 1.29 is 14.7 Å². The zero-order valence-corrected chi connectivity index (χ0v) is 24.7. The summed E-state index contributed by atoms with van der Waals surface area (Å²) in [5.74, 6) is 0.323. The first-order valence-electron chi connectivity index (χ1n) is 13.8. The second-order valence-electron chi connectivity index (χ2n) is 10.2. The number of H-pyrrole nitrogens is 1. The van der Waals surface area contributed by atoms with E-state index in [0.717, 1.165) is 18.4 Å². The Hall–Kier alpha value is -5.00. The van der Waals surface area contributed by atoms with Gasteiger partial charge in [0.05, 0.1) is 11.7 Å². The van der Waals surface area contributed by atoms with Crippen molar-refractivity contribution in [1.29, 1.82) is 0 Å². The Balaban J connectivity index is 1.35. The number of hydrogen-bond donors (Lipinski definition) is 3. The van der Waals surface area contributed by atoms with E-state index in [2.05, 4.69) is 38.0 Å². The van der Waals surface area contributed by atoms with Crippen LogP contribution >= 0.6 is 23.2 Å². The van der Waals surface area contributed by atoms with Gasteiger partial charge in [-0.3, -0.25) is 10.1 Å². The maximum absolute atomic E-state index is 13.9. The van der Waals surface area contributed by atoms with Crippen molar-refractivity contribution in [3.63, 3.8) is 0 Å². The van der Waals surface area contributed by atoms with Crippen LogP contribution in [-0.2, 0) is 4.79 Å². The molecule has 1 fully saturated rings. The highest BCUT2D eigenvalue weighted by Crippen LogP contribution is 2.43. The number of halogens is 2. The van der Waals surface area contributed by atoms with Gasteiger partial charge in [-0.25, -0.2) is 9.78 Å². The fourth-order valence-corrected chi connectivity index (χ4v) is 5.99. The smallest absolute Gasteiger partial charge is 0.409 e. The number of nitrogens with zero attached hydrogens (tertiary/aromatic N) is 6. The summed E-state index contributed by atoms with van der Waals surface area (Å²) in [6, 6.07) is 21.7. The zero-order valence-electron chi connectivity index (χ0n) is 23.1.